The fourth-order valence-electron chi connectivity index (χ4n) is 11.4. The fourth-order valence-corrected chi connectivity index (χ4v) is 11.4. The van der Waals surface area contributed by atoms with E-state index in [1.165, 1.54) is 51.6 Å². The fraction of sp³-hybridized carbons (Fsp3) is 0.941. The van der Waals surface area contributed by atoms with Crippen molar-refractivity contribution in [2.75, 3.05) is 46.4 Å². The summed E-state index contributed by atoms with van der Waals surface area (Å²) in [5.41, 5.74) is 0.323. The number of rotatable bonds is 6. The van der Waals surface area contributed by atoms with Crippen LogP contribution >= 0.6 is 0 Å². The van der Waals surface area contributed by atoms with Gasteiger partial charge in [0.25, 0.3) is 0 Å². The molecule has 0 spiro atoms. The second-order valence-electron chi connectivity index (χ2n) is 15.6. The van der Waals surface area contributed by atoms with Crippen molar-refractivity contribution in [2.24, 2.45) is 34.5 Å². The van der Waals surface area contributed by atoms with Crippen LogP contribution in [0.2, 0.25) is 0 Å². The first kappa shape index (κ1) is 32.7. The van der Waals surface area contributed by atoms with Gasteiger partial charge in [-0.2, -0.15) is 0 Å². The van der Waals surface area contributed by atoms with E-state index in [0.717, 1.165) is 56.5 Å². The molecule has 2 saturated heterocycles. The maximum atomic E-state index is 13.0. The molecule has 42 heavy (non-hydrogen) atoms. The van der Waals surface area contributed by atoms with Crippen molar-refractivity contribution in [3.05, 3.63) is 0 Å². The first-order valence-corrected chi connectivity index (χ1v) is 17.1. The summed E-state index contributed by atoms with van der Waals surface area (Å²) < 4.78 is 19.4. The van der Waals surface area contributed by atoms with E-state index in [1.54, 1.807) is 6.92 Å². The minimum absolute atomic E-state index is 0. The highest BCUT2D eigenvalue weighted by molar-refractivity contribution is 5.69. The predicted molar refractivity (Wildman–Crippen MR) is 158 cm³/mol. The quantitative estimate of drug-likeness (QED) is 0.324. The van der Waals surface area contributed by atoms with E-state index in [1.807, 2.05) is 0 Å². The van der Waals surface area contributed by atoms with Crippen molar-refractivity contribution in [2.45, 2.75) is 123 Å². The average Bonchev–Trinajstić information content (AvgIpc) is 3.51. The molecule has 0 radical (unpaired) electrons. The normalized spacial score (nSPS) is 44.7. The Morgan fingerprint density at radius 2 is 1.69 bits per heavy atom. The Balaban J connectivity index is 0.00000353. The van der Waals surface area contributed by atoms with E-state index in [0.29, 0.717) is 36.1 Å². The minimum atomic E-state index is -0.141. The predicted octanol–water partition coefficient (Wildman–Crippen LogP) is 2.21. The Hall–Kier alpha value is -0.700. The maximum absolute atomic E-state index is 13.0. The van der Waals surface area contributed by atoms with Crippen molar-refractivity contribution in [3.63, 3.8) is 0 Å². The lowest BCUT2D eigenvalue weighted by Gasteiger charge is -2.62. The molecule has 0 bridgehead atoms. The van der Waals surface area contributed by atoms with E-state index in [-0.39, 0.29) is 58.0 Å². The number of esters is 2. The molecule has 7 nitrogen and oxygen atoms in total. The maximum Gasteiger partial charge on any atom is 0.306 e. The lowest BCUT2D eigenvalue weighted by Crippen LogP contribution is -3.00. The zero-order valence-corrected chi connectivity index (χ0v) is 28.5. The second kappa shape index (κ2) is 12.6. The minimum Gasteiger partial charge on any atom is -1.00 e. The topological polar surface area (TPSA) is 65.1 Å². The number of carbonyl (C=O) groups is 2. The van der Waals surface area contributed by atoms with Crippen LogP contribution < -0.4 is 17.0 Å². The third-order valence-corrected chi connectivity index (χ3v) is 13.5. The molecule has 0 aromatic rings. The summed E-state index contributed by atoms with van der Waals surface area (Å²) in [6, 6.07) is 0.711. The van der Waals surface area contributed by atoms with Crippen LogP contribution in [0, 0.1) is 34.5 Å². The van der Waals surface area contributed by atoms with Crippen LogP contribution in [0.3, 0.4) is 0 Å². The number of halogens is 1. The standard InChI is InChI=1S/C34H57N2O5.BrH/c1-6-9-31(38)41-32-29(36(5)16-7-8-17-36)21-27-25-11-10-24-20-30(40-23(2)37)28(35-14-18-39-19-15-35)22-34(24,4)26(25)12-13-33(27,32)3;/h24-30,32H,6-22H2,1-5H3;1H/q+1;/p-1/t24-,25?,26?,27?,28-,29-,30-,32-,33-,34-;/m0./s1. The Bertz CT molecular complexity index is 983. The van der Waals surface area contributed by atoms with Gasteiger partial charge < -0.3 is 35.7 Å². The summed E-state index contributed by atoms with van der Waals surface area (Å²) in [6.45, 7) is 14.6. The molecular formula is C34H57BrN2O5. The summed E-state index contributed by atoms with van der Waals surface area (Å²) in [7, 11) is 2.46. The number of morpholine rings is 1. The van der Waals surface area contributed by atoms with Gasteiger partial charge in [0.2, 0.25) is 0 Å². The van der Waals surface area contributed by atoms with Gasteiger partial charge in [0.05, 0.1) is 33.4 Å². The average molecular weight is 654 g/mol. The van der Waals surface area contributed by atoms with E-state index in [2.05, 4.69) is 32.7 Å². The molecule has 240 valence electrons. The Labute approximate surface area is 265 Å². The first-order valence-electron chi connectivity index (χ1n) is 17.1. The van der Waals surface area contributed by atoms with Crippen molar-refractivity contribution in [1.82, 2.24) is 4.90 Å². The van der Waals surface area contributed by atoms with Crippen molar-refractivity contribution < 1.29 is 45.3 Å². The lowest BCUT2D eigenvalue weighted by atomic mass is 9.44. The molecule has 10 atom stereocenters. The molecule has 6 fully saturated rings. The largest absolute Gasteiger partial charge is 1.00 e. The molecule has 0 amide bonds. The number of fused-ring (bicyclic) bond motifs is 5. The van der Waals surface area contributed by atoms with Crippen LogP contribution in [0.15, 0.2) is 0 Å². The van der Waals surface area contributed by atoms with Crippen LogP contribution in [-0.2, 0) is 23.8 Å². The highest BCUT2D eigenvalue weighted by Gasteiger charge is 2.67. The Morgan fingerprint density at radius 3 is 2.36 bits per heavy atom. The molecule has 0 aromatic heterocycles. The van der Waals surface area contributed by atoms with E-state index >= 15 is 0 Å². The number of hydrogen-bond donors (Lipinski definition) is 0. The van der Waals surface area contributed by atoms with Gasteiger partial charge in [0, 0.05) is 57.2 Å². The number of ether oxygens (including phenoxy) is 3. The van der Waals surface area contributed by atoms with Gasteiger partial charge in [0.15, 0.2) is 6.10 Å². The summed E-state index contributed by atoms with van der Waals surface area (Å²) in [6.07, 6.45) is 12.2. The Morgan fingerprint density at radius 1 is 0.976 bits per heavy atom. The van der Waals surface area contributed by atoms with Gasteiger partial charge >= 0.3 is 11.9 Å². The van der Waals surface area contributed by atoms with Crippen LogP contribution in [0.25, 0.3) is 0 Å². The van der Waals surface area contributed by atoms with Gasteiger partial charge in [-0.25, -0.2) is 0 Å². The third kappa shape index (κ3) is 5.62. The lowest BCUT2D eigenvalue weighted by molar-refractivity contribution is -0.924. The SMILES string of the molecule is CCCC(=O)O[C@H]1[C@@H]([N+]2(C)CCCC2)CC2C3CC[C@H]4C[C@H](OC(C)=O)[C@@H](N5CCOCC5)C[C@]4(C)C3CC[C@@]21C.[Br-]. The van der Waals surface area contributed by atoms with Crippen LogP contribution in [0.4, 0.5) is 0 Å². The van der Waals surface area contributed by atoms with Gasteiger partial charge in [0.1, 0.15) is 12.1 Å². The van der Waals surface area contributed by atoms with E-state index in [9.17, 15) is 9.59 Å². The van der Waals surface area contributed by atoms with Crippen LogP contribution in [0.5, 0.6) is 0 Å². The molecule has 8 heteroatoms. The summed E-state index contributed by atoms with van der Waals surface area (Å²) in [4.78, 5) is 27.8. The highest BCUT2D eigenvalue weighted by Crippen LogP contribution is 2.67. The van der Waals surface area contributed by atoms with Crippen molar-refractivity contribution >= 4 is 11.9 Å². The second-order valence-corrected chi connectivity index (χ2v) is 15.6. The van der Waals surface area contributed by atoms with Crippen LogP contribution in [0.1, 0.15) is 98.3 Å². The molecule has 2 aliphatic heterocycles. The number of nitrogens with zero attached hydrogens (tertiary/aromatic N) is 2. The number of likely N-dealkylation sites (tertiary alicyclic amines) is 1. The van der Waals surface area contributed by atoms with Gasteiger partial charge in [-0.05, 0) is 74.0 Å². The van der Waals surface area contributed by atoms with E-state index in [4.69, 9.17) is 14.2 Å². The van der Waals surface area contributed by atoms with Gasteiger partial charge in [-0.1, -0.05) is 20.8 Å². The summed E-state index contributed by atoms with van der Waals surface area (Å²) >= 11 is 0. The molecule has 4 aliphatic carbocycles. The zero-order chi connectivity index (χ0) is 29.0. The van der Waals surface area contributed by atoms with Crippen molar-refractivity contribution in [1.29, 1.82) is 0 Å². The number of likely N-dealkylation sites (N-methyl/N-ethyl adjacent to an activating group) is 1. The molecule has 6 rings (SSSR count). The monoisotopic (exact) mass is 652 g/mol. The first-order chi connectivity index (χ1) is 19.6. The molecule has 0 N–H and O–H groups in total. The smallest absolute Gasteiger partial charge is 0.306 e. The Kier molecular flexibility index (Phi) is 9.80. The number of carbonyl (C=O) groups excluding carboxylic acids is 2. The number of hydrogen-bond acceptors (Lipinski definition) is 6. The summed E-state index contributed by atoms with van der Waals surface area (Å²) in [5.74, 6) is 2.48. The summed E-state index contributed by atoms with van der Waals surface area (Å²) in [5, 5.41) is 0. The molecule has 2 heterocycles. The third-order valence-electron chi connectivity index (χ3n) is 13.5. The molecule has 0 aromatic carbocycles. The van der Waals surface area contributed by atoms with Crippen LogP contribution in [-0.4, -0.2) is 92.1 Å². The van der Waals surface area contributed by atoms with E-state index < -0.39 is 0 Å². The van der Waals surface area contributed by atoms with Gasteiger partial charge in [-0.3, -0.25) is 14.5 Å². The van der Waals surface area contributed by atoms with Crippen molar-refractivity contribution in [3.8, 4) is 0 Å². The molecular weight excluding hydrogens is 596 g/mol. The number of quaternary nitrogens is 1. The molecule has 4 saturated carbocycles. The molecule has 3 unspecified atom stereocenters. The molecule has 6 aliphatic rings. The highest BCUT2D eigenvalue weighted by atomic mass is 79.9. The zero-order valence-electron chi connectivity index (χ0n) is 27.0. The van der Waals surface area contributed by atoms with Gasteiger partial charge in [-0.15, -0.1) is 0 Å².